The van der Waals surface area contributed by atoms with Gasteiger partial charge in [-0.05, 0) is 43.9 Å². The minimum Gasteiger partial charge on any atom is -0.372 e. The Bertz CT molecular complexity index is 336. The fraction of sp³-hybridized carbons (Fsp3) is 1.00. The summed E-state index contributed by atoms with van der Waals surface area (Å²) in [6, 6.07) is 0. The maximum absolute atomic E-state index is 6.44. The van der Waals surface area contributed by atoms with Gasteiger partial charge in [-0.1, -0.05) is 34.6 Å². The van der Waals surface area contributed by atoms with Crippen LogP contribution in [0.1, 0.15) is 60.8 Å². The zero-order valence-corrected chi connectivity index (χ0v) is 14.9. The molecule has 2 fully saturated rings. The first-order chi connectivity index (χ1) is 9.77. The zero-order chi connectivity index (χ0) is 15.8. The van der Waals surface area contributed by atoms with Crippen LogP contribution in [0.4, 0.5) is 0 Å². The summed E-state index contributed by atoms with van der Waals surface area (Å²) in [4.78, 5) is 0. The molecule has 0 saturated heterocycles. The molecule has 0 radical (unpaired) electrons. The van der Waals surface area contributed by atoms with Crippen LogP contribution in [0.5, 0.6) is 0 Å². The Kier molecular flexibility index (Phi) is 5.38. The molecule has 7 atom stereocenters. The van der Waals surface area contributed by atoms with Gasteiger partial charge in [0, 0.05) is 12.5 Å². The molecule has 0 aromatic rings. The number of ether oxygens (including phenoxy) is 3. The first-order valence-electron chi connectivity index (χ1n) is 8.61. The van der Waals surface area contributed by atoms with Crippen LogP contribution in [0.15, 0.2) is 0 Å². The Labute approximate surface area is 130 Å². The van der Waals surface area contributed by atoms with Gasteiger partial charge in [0.1, 0.15) is 0 Å². The second-order valence-electron chi connectivity index (χ2n) is 8.23. The topological polar surface area (TPSA) is 27.7 Å². The summed E-state index contributed by atoms with van der Waals surface area (Å²) in [7, 11) is 1.75. The molecule has 2 saturated carbocycles. The van der Waals surface area contributed by atoms with Gasteiger partial charge in [0.15, 0.2) is 6.29 Å². The SMILES string of the molecule is CCC(C)OC1C2CC(C)C(C2)C1OC(OC)C(C)(C)C. The third kappa shape index (κ3) is 3.62. The summed E-state index contributed by atoms with van der Waals surface area (Å²) in [5, 5.41) is 0. The molecule has 7 unspecified atom stereocenters. The summed E-state index contributed by atoms with van der Waals surface area (Å²) in [5.41, 5.74) is -0.0132. The molecule has 0 amide bonds. The smallest absolute Gasteiger partial charge is 0.162 e. The molecule has 0 aromatic heterocycles. The Hall–Kier alpha value is -0.120. The van der Waals surface area contributed by atoms with Crippen LogP contribution in [-0.4, -0.2) is 31.7 Å². The van der Waals surface area contributed by atoms with Crippen LogP contribution < -0.4 is 0 Å². The lowest BCUT2D eigenvalue weighted by molar-refractivity contribution is -0.243. The standard InChI is InChI=1S/C18H34O3/c1-8-12(3)20-15-13-9-11(2)14(10-13)16(15)21-17(19-7)18(4,5)6/h11-17H,8-10H2,1-7H3. The maximum atomic E-state index is 6.44. The highest BCUT2D eigenvalue weighted by Gasteiger charge is 2.54. The minimum absolute atomic E-state index is 0.0132. The average molecular weight is 298 g/mol. The molecule has 2 bridgehead atoms. The van der Waals surface area contributed by atoms with Crippen molar-refractivity contribution in [2.75, 3.05) is 7.11 Å². The fourth-order valence-corrected chi connectivity index (χ4v) is 4.06. The van der Waals surface area contributed by atoms with Crippen LogP contribution in [0.2, 0.25) is 0 Å². The van der Waals surface area contributed by atoms with Crippen molar-refractivity contribution in [3.63, 3.8) is 0 Å². The van der Waals surface area contributed by atoms with Crippen molar-refractivity contribution in [2.24, 2.45) is 23.2 Å². The van der Waals surface area contributed by atoms with E-state index < -0.39 is 0 Å². The fourth-order valence-electron chi connectivity index (χ4n) is 4.06. The van der Waals surface area contributed by atoms with Gasteiger partial charge >= 0.3 is 0 Å². The van der Waals surface area contributed by atoms with E-state index in [0.717, 1.165) is 12.3 Å². The van der Waals surface area contributed by atoms with Crippen molar-refractivity contribution >= 4 is 0 Å². The second kappa shape index (κ2) is 6.55. The molecule has 3 heteroatoms. The molecule has 2 aliphatic carbocycles. The molecular weight excluding hydrogens is 264 g/mol. The van der Waals surface area contributed by atoms with Gasteiger partial charge in [-0.15, -0.1) is 0 Å². The normalized spacial score (nSPS) is 38.7. The molecule has 21 heavy (non-hydrogen) atoms. The van der Waals surface area contributed by atoms with Crippen LogP contribution in [0.25, 0.3) is 0 Å². The number of hydrogen-bond acceptors (Lipinski definition) is 3. The van der Waals surface area contributed by atoms with Gasteiger partial charge < -0.3 is 14.2 Å². The van der Waals surface area contributed by atoms with Crippen LogP contribution in [-0.2, 0) is 14.2 Å². The van der Waals surface area contributed by atoms with Crippen molar-refractivity contribution < 1.29 is 14.2 Å². The Morgan fingerprint density at radius 1 is 1.10 bits per heavy atom. The number of fused-ring (bicyclic) bond motifs is 2. The molecule has 0 aromatic carbocycles. The van der Waals surface area contributed by atoms with Crippen molar-refractivity contribution in [1.82, 2.24) is 0 Å². The highest BCUT2D eigenvalue weighted by molar-refractivity contribution is 5.02. The molecule has 3 nitrogen and oxygen atoms in total. The summed E-state index contributed by atoms with van der Waals surface area (Å²) in [5.74, 6) is 2.04. The number of hydrogen-bond donors (Lipinski definition) is 0. The molecule has 0 N–H and O–H groups in total. The van der Waals surface area contributed by atoms with Gasteiger partial charge in [-0.3, -0.25) is 0 Å². The van der Waals surface area contributed by atoms with E-state index in [9.17, 15) is 0 Å². The Balaban J connectivity index is 2.09. The summed E-state index contributed by atoms with van der Waals surface area (Å²) >= 11 is 0. The van der Waals surface area contributed by atoms with E-state index in [2.05, 4.69) is 41.5 Å². The molecule has 124 valence electrons. The van der Waals surface area contributed by atoms with E-state index in [1.165, 1.54) is 12.8 Å². The predicted molar refractivity (Wildman–Crippen MR) is 85.1 cm³/mol. The van der Waals surface area contributed by atoms with Gasteiger partial charge in [0.05, 0.1) is 18.3 Å². The van der Waals surface area contributed by atoms with Crippen molar-refractivity contribution in [1.29, 1.82) is 0 Å². The zero-order valence-electron chi connectivity index (χ0n) is 14.9. The monoisotopic (exact) mass is 298 g/mol. The van der Waals surface area contributed by atoms with Gasteiger partial charge in [0.2, 0.25) is 0 Å². The van der Waals surface area contributed by atoms with Crippen LogP contribution in [0, 0.1) is 23.2 Å². The average Bonchev–Trinajstić information content (AvgIpc) is 2.92. The lowest BCUT2D eigenvalue weighted by Gasteiger charge is -2.40. The Morgan fingerprint density at radius 2 is 1.76 bits per heavy atom. The molecule has 0 spiro atoms. The third-order valence-corrected chi connectivity index (χ3v) is 5.36. The Morgan fingerprint density at radius 3 is 2.29 bits per heavy atom. The van der Waals surface area contributed by atoms with E-state index in [1.807, 2.05) is 0 Å². The summed E-state index contributed by atoms with van der Waals surface area (Å²) in [6.07, 6.45) is 4.19. The summed E-state index contributed by atoms with van der Waals surface area (Å²) in [6.45, 7) is 13.2. The first kappa shape index (κ1) is 17.2. The quantitative estimate of drug-likeness (QED) is 0.686. The number of methoxy groups -OCH3 is 1. The molecular formula is C18H34O3. The first-order valence-corrected chi connectivity index (χ1v) is 8.61. The highest BCUT2D eigenvalue weighted by atomic mass is 16.7. The lowest BCUT2D eigenvalue weighted by atomic mass is 9.85. The van der Waals surface area contributed by atoms with Crippen LogP contribution >= 0.6 is 0 Å². The largest absolute Gasteiger partial charge is 0.372 e. The van der Waals surface area contributed by atoms with E-state index in [1.54, 1.807) is 7.11 Å². The van der Waals surface area contributed by atoms with E-state index in [0.29, 0.717) is 17.9 Å². The van der Waals surface area contributed by atoms with E-state index in [-0.39, 0.29) is 23.9 Å². The third-order valence-electron chi connectivity index (χ3n) is 5.36. The van der Waals surface area contributed by atoms with Crippen molar-refractivity contribution in [3.05, 3.63) is 0 Å². The minimum atomic E-state index is -0.169. The van der Waals surface area contributed by atoms with Gasteiger partial charge in [0.25, 0.3) is 0 Å². The van der Waals surface area contributed by atoms with Crippen molar-refractivity contribution in [3.8, 4) is 0 Å². The van der Waals surface area contributed by atoms with E-state index >= 15 is 0 Å². The molecule has 0 heterocycles. The van der Waals surface area contributed by atoms with Crippen molar-refractivity contribution in [2.45, 2.75) is 85.4 Å². The van der Waals surface area contributed by atoms with Gasteiger partial charge in [-0.2, -0.15) is 0 Å². The highest BCUT2D eigenvalue weighted by Crippen LogP contribution is 2.52. The predicted octanol–water partition coefficient (Wildman–Crippen LogP) is 4.25. The second-order valence-corrected chi connectivity index (χ2v) is 8.23. The molecule has 2 aliphatic rings. The summed E-state index contributed by atoms with van der Waals surface area (Å²) < 4.78 is 18.4. The maximum Gasteiger partial charge on any atom is 0.162 e. The van der Waals surface area contributed by atoms with E-state index in [4.69, 9.17) is 14.2 Å². The molecule has 2 rings (SSSR count). The molecule has 0 aliphatic heterocycles. The lowest BCUT2D eigenvalue weighted by Crippen LogP contribution is -2.46. The van der Waals surface area contributed by atoms with Crippen LogP contribution in [0.3, 0.4) is 0 Å². The van der Waals surface area contributed by atoms with Gasteiger partial charge in [-0.25, -0.2) is 0 Å². The number of rotatable bonds is 6.